The molecule has 0 spiro atoms. The van der Waals surface area contributed by atoms with Crippen LogP contribution in [0.3, 0.4) is 0 Å². The van der Waals surface area contributed by atoms with Crippen LogP contribution >= 0.6 is 39.1 Å². The SMILES string of the molecule is Cc1nnc2c(Cl)c(Nc3ccc(Br)cc3Cl)c(C(=O)NOCCO)cn12. The molecule has 3 rings (SSSR count). The molecule has 142 valence electrons. The summed E-state index contributed by atoms with van der Waals surface area (Å²) in [5, 5.41) is 20.5. The van der Waals surface area contributed by atoms with Gasteiger partial charge in [-0.25, -0.2) is 5.48 Å². The van der Waals surface area contributed by atoms with E-state index in [-0.39, 0.29) is 23.8 Å². The van der Waals surface area contributed by atoms with Crippen LogP contribution in [0.4, 0.5) is 11.4 Å². The first-order valence-electron chi connectivity index (χ1n) is 7.71. The molecule has 3 aromatic rings. The average molecular weight is 475 g/mol. The van der Waals surface area contributed by atoms with Crippen LogP contribution in [0, 0.1) is 6.92 Å². The van der Waals surface area contributed by atoms with Crippen molar-refractivity contribution in [3.05, 3.63) is 50.3 Å². The summed E-state index contributed by atoms with van der Waals surface area (Å²) in [6, 6.07) is 5.25. The summed E-state index contributed by atoms with van der Waals surface area (Å²) < 4.78 is 2.40. The van der Waals surface area contributed by atoms with Gasteiger partial charge in [0.05, 0.1) is 35.2 Å². The van der Waals surface area contributed by atoms with E-state index in [1.54, 1.807) is 35.7 Å². The lowest BCUT2D eigenvalue weighted by Gasteiger charge is -2.16. The zero-order valence-corrected chi connectivity index (χ0v) is 17.1. The van der Waals surface area contributed by atoms with E-state index in [1.165, 1.54) is 0 Å². The van der Waals surface area contributed by atoms with E-state index >= 15 is 0 Å². The molecule has 0 radical (unpaired) electrons. The summed E-state index contributed by atoms with van der Waals surface area (Å²) in [6.45, 7) is 1.46. The fourth-order valence-electron chi connectivity index (χ4n) is 2.33. The standard InChI is InChI=1S/C16H14BrCl2N5O3/c1-8-21-22-15-13(19)14(20-12-3-2-9(17)6-11(12)18)10(7-24(8)15)16(26)23-27-5-4-25/h2-3,6-7,20,25H,4-5H2,1H3,(H,23,26). The van der Waals surface area contributed by atoms with Crippen molar-refractivity contribution in [1.82, 2.24) is 20.1 Å². The lowest BCUT2D eigenvalue weighted by molar-refractivity contribution is 0.0168. The second-order valence-corrected chi connectivity index (χ2v) is 7.13. The van der Waals surface area contributed by atoms with E-state index in [2.05, 4.69) is 36.9 Å². The van der Waals surface area contributed by atoms with Crippen LogP contribution in [0.25, 0.3) is 5.65 Å². The first-order valence-corrected chi connectivity index (χ1v) is 9.26. The normalized spacial score (nSPS) is 11.0. The molecule has 1 amide bonds. The number of hydrogen-bond donors (Lipinski definition) is 3. The molecule has 2 aromatic heterocycles. The number of carbonyl (C=O) groups excluding carboxylic acids is 1. The van der Waals surface area contributed by atoms with Gasteiger partial charge >= 0.3 is 0 Å². The number of fused-ring (bicyclic) bond motifs is 1. The Morgan fingerprint density at radius 2 is 2.15 bits per heavy atom. The Hall–Kier alpha value is -1.91. The third kappa shape index (κ3) is 4.17. The molecule has 27 heavy (non-hydrogen) atoms. The van der Waals surface area contributed by atoms with Crippen LogP contribution in [0.5, 0.6) is 0 Å². The Morgan fingerprint density at radius 3 is 2.85 bits per heavy atom. The largest absolute Gasteiger partial charge is 0.394 e. The maximum Gasteiger partial charge on any atom is 0.278 e. The number of rotatable bonds is 6. The smallest absolute Gasteiger partial charge is 0.278 e. The van der Waals surface area contributed by atoms with Gasteiger partial charge in [-0.15, -0.1) is 10.2 Å². The molecule has 2 heterocycles. The van der Waals surface area contributed by atoms with Gasteiger partial charge in [-0.3, -0.25) is 14.0 Å². The number of aryl methyl sites for hydroxylation is 1. The van der Waals surface area contributed by atoms with Gasteiger partial charge in [0.25, 0.3) is 5.91 Å². The Balaban J connectivity index is 2.09. The number of anilines is 2. The number of carbonyl (C=O) groups is 1. The van der Waals surface area contributed by atoms with Crippen LogP contribution in [0.15, 0.2) is 28.9 Å². The van der Waals surface area contributed by atoms with Crippen molar-refractivity contribution in [3.63, 3.8) is 0 Å². The summed E-state index contributed by atoms with van der Waals surface area (Å²) in [4.78, 5) is 17.5. The zero-order valence-electron chi connectivity index (χ0n) is 14.0. The first kappa shape index (κ1) is 19.8. The quantitative estimate of drug-likeness (QED) is 0.373. The van der Waals surface area contributed by atoms with Crippen LogP contribution in [-0.4, -0.2) is 38.8 Å². The summed E-state index contributed by atoms with van der Waals surface area (Å²) in [6.07, 6.45) is 1.54. The van der Waals surface area contributed by atoms with Crippen molar-refractivity contribution in [1.29, 1.82) is 0 Å². The lowest BCUT2D eigenvalue weighted by Crippen LogP contribution is -2.26. The van der Waals surface area contributed by atoms with Gasteiger partial charge in [0.2, 0.25) is 0 Å². The Bertz CT molecular complexity index is 1010. The molecule has 3 N–H and O–H groups in total. The lowest BCUT2D eigenvalue weighted by atomic mass is 10.2. The summed E-state index contributed by atoms with van der Waals surface area (Å²) in [5.41, 5.74) is 3.68. The number of pyridine rings is 1. The van der Waals surface area contributed by atoms with E-state index in [4.69, 9.17) is 33.1 Å². The third-order valence-electron chi connectivity index (χ3n) is 3.60. The van der Waals surface area contributed by atoms with Crippen LogP contribution in [0.2, 0.25) is 10.0 Å². The van der Waals surface area contributed by atoms with Gasteiger partial charge in [-0.05, 0) is 25.1 Å². The second-order valence-electron chi connectivity index (χ2n) is 5.43. The highest BCUT2D eigenvalue weighted by atomic mass is 79.9. The van der Waals surface area contributed by atoms with Crippen molar-refractivity contribution in [2.45, 2.75) is 6.92 Å². The molecule has 0 atom stereocenters. The van der Waals surface area contributed by atoms with Gasteiger partial charge < -0.3 is 10.4 Å². The molecular weight excluding hydrogens is 461 g/mol. The molecular formula is C16H14BrCl2N5O3. The predicted molar refractivity (Wildman–Crippen MR) is 106 cm³/mol. The van der Waals surface area contributed by atoms with Crippen molar-refractivity contribution >= 4 is 62.1 Å². The Labute approximate surface area is 172 Å². The third-order valence-corrected chi connectivity index (χ3v) is 4.77. The number of aliphatic hydroxyl groups excluding tert-OH is 1. The van der Waals surface area contributed by atoms with Crippen LogP contribution in [-0.2, 0) is 4.84 Å². The van der Waals surface area contributed by atoms with Crippen LogP contribution in [0.1, 0.15) is 16.2 Å². The van der Waals surface area contributed by atoms with E-state index in [0.717, 1.165) is 4.47 Å². The topological polar surface area (TPSA) is 101 Å². The van der Waals surface area contributed by atoms with Gasteiger partial charge in [0.15, 0.2) is 5.65 Å². The number of nitrogens with zero attached hydrogens (tertiary/aromatic N) is 3. The summed E-state index contributed by atoms with van der Waals surface area (Å²) in [5.74, 6) is 0.00142. The first-order chi connectivity index (χ1) is 12.9. The van der Waals surface area contributed by atoms with Gasteiger partial charge in [-0.2, -0.15) is 0 Å². The monoisotopic (exact) mass is 473 g/mol. The van der Waals surface area contributed by atoms with Gasteiger partial charge in [0, 0.05) is 10.7 Å². The summed E-state index contributed by atoms with van der Waals surface area (Å²) >= 11 is 16.1. The maximum atomic E-state index is 12.6. The van der Waals surface area contributed by atoms with Gasteiger partial charge in [-0.1, -0.05) is 39.1 Å². The molecule has 0 fully saturated rings. The number of hydrogen-bond acceptors (Lipinski definition) is 6. The number of aliphatic hydroxyl groups is 1. The molecule has 0 saturated carbocycles. The second kappa shape index (κ2) is 8.41. The number of benzene rings is 1. The molecule has 0 bridgehead atoms. The fraction of sp³-hybridized carbons (Fsp3) is 0.188. The van der Waals surface area contributed by atoms with E-state index in [9.17, 15) is 4.79 Å². The highest BCUT2D eigenvalue weighted by Gasteiger charge is 2.21. The number of amides is 1. The van der Waals surface area contributed by atoms with E-state index < -0.39 is 5.91 Å². The van der Waals surface area contributed by atoms with Crippen molar-refractivity contribution in [2.75, 3.05) is 18.5 Å². The minimum absolute atomic E-state index is 0.0469. The molecule has 0 aliphatic carbocycles. The maximum absolute atomic E-state index is 12.6. The molecule has 1 aromatic carbocycles. The molecule has 0 unspecified atom stereocenters. The number of hydroxylamine groups is 1. The predicted octanol–water partition coefficient (Wildman–Crippen LogP) is 3.50. The molecule has 0 aliphatic rings. The minimum atomic E-state index is -0.559. The van der Waals surface area contributed by atoms with Crippen molar-refractivity contribution < 1.29 is 14.7 Å². The molecule has 11 heteroatoms. The summed E-state index contributed by atoms with van der Waals surface area (Å²) in [7, 11) is 0. The molecule has 0 saturated heterocycles. The number of aromatic nitrogens is 3. The Morgan fingerprint density at radius 1 is 1.37 bits per heavy atom. The zero-order chi connectivity index (χ0) is 19.6. The average Bonchev–Trinajstić information content (AvgIpc) is 3.00. The number of halogens is 3. The highest BCUT2D eigenvalue weighted by Crippen LogP contribution is 2.35. The van der Waals surface area contributed by atoms with Crippen molar-refractivity contribution in [2.24, 2.45) is 0 Å². The number of nitrogens with one attached hydrogen (secondary N) is 2. The van der Waals surface area contributed by atoms with Crippen molar-refractivity contribution in [3.8, 4) is 0 Å². The van der Waals surface area contributed by atoms with Gasteiger partial charge in [0.1, 0.15) is 10.8 Å². The fourth-order valence-corrected chi connectivity index (χ4v) is 3.33. The highest BCUT2D eigenvalue weighted by molar-refractivity contribution is 9.10. The minimum Gasteiger partial charge on any atom is -0.394 e. The molecule has 8 nitrogen and oxygen atoms in total. The van der Waals surface area contributed by atoms with E-state index in [0.29, 0.717) is 27.9 Å². The van der Waals surface area contributed by atoms with E-state index in [1.807, 2.05) is 0 Å². The van der Waals surface area contributed by atoms with Crippen LogP contribution < -0.4 is 10.8 Å². The Kier molecular flexibility index (Phi) is 6.18. The molecule has 0 aliphatic heterocycles.